The molecule has 3 heterocycles. The molecule has 3 aromatic heterocycles. The molecule has 0 spiro atoms. The van der Waals surface area contributed by atoms with Gasteiger partial charge in [0.1, 0.15) is 11.6 Å². The Hall–Kier alpha value is -2.54. The molecule has 0 amide bonds. The monoisotopic (exact) mass is 395 g/mol. The highest BCUT2D eigenvalue weighted by molar-refractivity contribution is 7.11. The Balaban J connectivity index is 1.37. The van der Waals surface area contributed by atoms with Gasteiger partial charge >= 0.3 is 0 Å². The average Bonchev–Trinajstić information content (AvgIpc) is 3.42. The summed E-state index contributed by atoms with van der Waals surface area (Å²) < 4.78 is 6.02. The molecular formula is C21H25N5OS. The molecule has 0 saturated heterocycles. The van der Waals surface area contributed by atoms with E-state index in [1.165, 1.54) is 4.88 Å². The van der Waals surface area contributed by atoms with Gasteiger partial charge in [-0.3, -0.25) is 4.98 Å². The van der Waals surface area contributed by atoms with E-state index in [2.05, 4.69) is 38.2 Å². The molecule has 6 nitrogen and oxygen atoms in total. The smallest absolute Gasteiger partial charge is 0.218 e. The number of aromatic nitrogens is 4. The third-order valence-electron chi connectivity index (χ3n) is 4.93. The molecule has 1 aliphatic carbocycles. The van der Waals surface area contributed by atoms with E-state index in [0.29, 0.717) is 30.9 Å². The van der Waals surface area contributed by atoms with Crippen molar-refractivity contribution in [2.75, 3.05) is 11.9 Å². The lowest BCUT2D eigenvalue weighted by Gasteiger charge is -2.10. The fourth-order valence-electron chi connectivity index (χ4n) is 3.29. The Kier molecular flexibility index (Phi) is 5.52. The Morgan fingerprint density at radius 1 is 1.21 bits per heavy atom. The minimum Gasteiger partial charge on any atom is -0.477 e. The molecule has 2 atom stereocenters. The van der Waals surface area contributed by atoms with Gasteiger partial charge in [-0.05, 0) is 32.4 Å². The third-order valence-corrected chi connectivity index (χ3v) is 6.00. The largest absolute Gasteiger partial charge is 0.477 e. The molecule has 1 fully saturated rings. The molecule has 0 unspecified atom stereocenters. The Morgan fingerprint density at radius 2 is 2.11 bits per heavy atom. The van der Waals surface area contributed by atoms with Crippen molar-refractivity contribution in [3.63, 3.8) is 0 Å². The van der Waals surface area contributed by atoms with Crippen LogP contribution in [-0.4, -0.2) is 26.5 Å². The van der Waals surface area contributed by atoms with Crippen molar-refractivity contribution < 1.29 is 4.74 Å². The molecule has 4 rings (SSSR count). The second-order valence-electron chi connectivity index (χ2n) is 7.12. The van der Waals surface area contributed by atoms with Crippen LogP contribution in [0.3, 0.4) is 0 Å². The lowest BCUT2D eigenvalue weighted by atomic mass is 10.2. The van der Waals surface area contributed by atoms with Crippen LogP contribution in [0.1, 0.15) is 46.4 Å². The summed E-state index contributed by atoms with van der Waals surface area (Å²) in [7, 11) is 0. The van der Waals surface area contributed by atoms with Crippen LogP contribution < -0.4 is 10.1 Å². The number of aryl methyl sites for hydroxylation is 3. The number of hydrogen-bond donors (Lipinski definition) is 1. The van der Waals surface area contributed by atoms with Gasteiger partial charge in [-0.25, -0.2) is 9.97 Å². The number of pyridine rings is 1. The first-order valence-electron chi connectivity index (χ1n) is 9.71. The minimum absolute atomic E-state index is 0.504. The second-order valence-corrected chi connectivity index (χ2v) is 8.41. The van der Waals surface area contributed by atoms with Crippen LogP contribution in [0.4, 0.5) is 5.82 Å². The topological polar surface area (TPSA) is 72.8 Å². The SMILES string of the molecule is CCc1nc(NCc2sc(C)nc2C)cc(OC[C@H]2C[C@@H]2c2ccccn2)n1. The summed E-state index contributed by atoms with van der Waals surface area (Å²) in [4.78, 5) is 19.3. The molecule has 0 radical (unpaired) electrons. The van der Waals surface area contributed by atoms with Crippen LogP contribution in [0.5, 0.6) is 5.88 Å². The maximum absolute atomic E-state index is 6.02. The molecule has 146 valence electrons. The molecule has 0 aliphatic heterocycles. The van der Waals surface area contributed by atoms with E-state index in [1.54, 1.807) is 11.3 Å². The number of thiazole rings is 1. The van der Waals surface area contributed by atoms with Gasteiger partial charge in [0.05, 0.1) is 23.9 Å². The van der Waals surface area contributed by atoms with E-state index in [0.717, 1.165) is 40.9 Å². The minimum atomic E-state index is 0.504. The van der Waals surface area contributed by atoms with E-state index >= 15 is 0 Å². The zero-order chi connectivity index (χ0) is 19.5. The fourth-order valence-corrected chi connectivity index (χ4v) is 4.16. The first-order chi connectivity index (χ1) is 13.6. The zero-order valence-corrected chi connectivity index (χ0v) is 17.3. The fraction of sp³-hybridized carbons (Fsp3) is 0.429. The number of nitrogens with one attached hydrogen (secondary N) is 1. The summed E-state index contributed by atoms with van der Waals surface area (Å²) >= 11 is 1.71. The van der Waals surface area contributed by atoms with E-state index in [1.807, 2.05) is 38.2 Å². The van der Waals surface area contributed by atoms with Crippen molar-refractivity contribution in [1.29, 1.82) is 0 Å². The van der Waals surface area contributed by atoms with Crippen molar-refractivity contribution in [1.82, 2.24) is 19.9 Å². The molecule has 28 heavy (non-hydrogen) atoms. The lowest BCUT2D eigenvalue weighted by Crippen LogP contribution is -2.08. The molecule has 3 aromatic rings. The summed E-state index contributed by atoms with van der Waals surface area (Å²) in [6.45, 7) is 7.50. The highest BCUT2D eigenvalue weighted by Gasteiger charge is 2.39. The van der Waals surface area contributed by atoms with Gasteiger partial charge in [0.25, 0.3) is 0 Å². The normalized spacial score (nSPS) is 18.1. The van der Waals surface area contributed by atoms with Gasteiger partial charge in [0, 0.05) is 41.1 Å². The van der Waals surface area contributed by atoms with Crippen molar-refractivity contribution in [2.45, 2.75) is 46.1 Å². The lowest BCUT2D eigenvalue weighted by molar-refractivity contribution is 0.284. The van der Waals surface area contributed by atoms with E-state index in [9.17, 15) is 0 Å². The van der Waals surface area contributed by atoms with Crippen molar-refractivity contribution in [3.8, 4) is 5.88 Å². The maximum atomic E-state index is 6.02. The molecule has 1 aliphatic rings. The van der Waals surface area contributed by atoms with Crippen molar-refractivity contribution in [2.24, 2.45) is 5.92 Å². The summed E-state index contributed by atoms with van der Waals surface area (Å²) in [5.41, 5.74) is 2.23. The average molecular weight is 396 g/mol. The van der Waals surface area contributed by atoms with E-state index < -0.39 is 0 Å². The van der Waals surface area contributed by atoms with Crippen molar-refractivity contribution >= 4 is 17.2 Å². The summed E-state index contributed by atoms with van der Waals surface area (Å²) in [6.07, 6.45) is 3.75. The number of nitrogens with zero attached hydrogens (tertiary/aromatic N) is 4. The molecule has 0 bridgehead atoms. The van der Waals surface area contributed by atoms with E-state index in [4.69, 9.17) is 4.74 Å². The highest BCUT2D eigenvalue weighted by Crippen LogP contribution is 2.46. The van der Waals surface area contributed by atoms with Gasteiger partial charge in [0.2, 0.25) is 5.88 Å². The molecule has 0 aromatic carbocycles. The molecule has 7 heteroatoms. The van der Waals surface area contributed by atoms with Gasteiger partial charge in [0.15, 0.2) is 0 Å². The standard InChI is InChI=1S/C21H25N5OS/c1-4-19-25-20(23-11-18-13(2)24-14(3)28-18)10-21(26-19)27-12-15-9-16(15)17-7-5-6-8-22-17/h5-8,10,15-16H,4,9,11-12H2,1-3H3,(H,23,25,26)/t15-,16+/m1/s1. The first-order valence-corrected chi connectivity index (χ1v) is 10.5. The summed E-state index contributed by atoms with van der Waals surface area (Å²) in [5, 5.41) is 4.48. The first kappa shape index (κ1) is 18.8. The molecule has 1 N–H and O–H groups in total. The zero-order valence-electron chi connectivity index (χ0n) is 16.5. The number of anilines is 1. The quantitative estimate of drug-likeness (QED) is 0.613. The number of hydrogen-bond acceptors (Lipinski definition) is 7. The van der Waals surface area contributed by atoms with E-state index in [-0.39, 0.29) is 0 Å². The molecule has 1 saturated carbocycles. The molecular weight excluding hydrogens is 370 g/mol. The summed E-state index contributed by atoms with van der Waals surface area (Å²) in [5.74, 6) is 3.23. The Bertz CT molecular complexity index is 943. The maximum Gasteiger partial charge on any atom is 0.218 e. The van der Waals surface area contributed by atoms with Gasteiger partial charge in [-0.15, -0.1) is 11.3 Å². The van der Waals surface area contributed by atoms with Crippen LogP contribution in [0.2, 0.25) is 0 Å². The van der Waals surface area contributed by atoms with Crippen LogP contribution >= 0.6 is 11.3 Å². The van der Waals surface area contributed by atoms with Crippen molar-refractivity contribution in [3.05, 3.63) is 57.6 Å². The number of rotatable bonds is 8. The Labute approximate surface area is 169 Å². The van der Waals surface area contributed by atoms with Crippen LogP contribution in [0, 0.1) is 19.8 Å². The highest BCUT2D eigenvalue weighted by atomic mass is 32.1. The third kappa shape index (κ3) is 4.47. The Morgan fingerprint density at radius 3 is 2.82 bits per heavy atom. The van der Waals surface area contributed by atoms with Crippen LogP contribution in [-0.2, 0) is 13.0 Å². The van der Waals surface area contributed by atoms with Gasteiger partial charge in [-0.1, -0.05) is 13.0 Å². The van der Waals surface area contributed by atoms with Crippen LogP contribution in [0.25, 0.3) is 0 Å². The van der Waals surface area contributed by atoms with Gasteiger partial charge < -0.3 is 10.1 Å². The van der Waals surface area contributed by atoms with Crippen LogP contribution in [0.15, 0.2) is 30.5 Å². The summed E-state index contributed by atoms with van der Waals surface area (Å²) in [6, 6.07) is 7.98. The number of ether oxygens (including phenoxy) is 1. The predicted octanol–water partition coefficient (Wildman–Crippen LogP) is 4.30. The predicted molar refractivity (Wildman–Crippen MR) is 111 cm³/mol. The van der Waals surface area contributed by atoms with Gasteiger partial charge in [-0.2, -0.15) is 4.98 Å². The second kappa shape index (κ2) is 8.22.